The first-order valence-corrected chi connectivity index (χ1v) is 10.1. The monoisotopic (exact) mass is 376 g/mol. The molecule has 1 aliphatic heterocycles. The molecule has 2 aromatic rings. The molecule has 0 spiro atoms. The standard InChI is InChI=1S/C19H32N6O2/c1-3-4-12-27-18-23-16(20)15-17(24-18)25(19(22-15)26-2)11-6-5-8-14-9-7-10-21-13-14/h14,21H,3-13H2,1-2H3,(H2,20,23,24). The van der Waals surface area contributed by atoms with Gasteiger partial charge in [-0.25, -0.2) is 0 Å². The van der Waals surface area contributed by atoms with Crippen molar-refractivity contribution < 1.29 is 9.47 Å². The average Bonchev–Trinajstić information content (AvgIpc) is 3.04. The number of aromatic nitrogens is 4. The van der Waals surface area contributed by atoms with Crippen molar-refractivity contribution in [3.05, 3.63) is 0 Å². The number of nitrogen functional groups attached to an aromatic ring is 1. The van der Waals surface area contributed by atoms with Crippen LogP contribution in [0.15, 0.2) is 0 Å². The Labute approximate surface area is 160 Å². The van der Waals surface area contributed by atoms with Crippen LogP contribution >= 0.6 is 0 Å². The van der Waals surface area contributed by atoms with Crippen molar-refractivity contribution in [2.24, 2.45) is 5.92 Å². The largest absolute Gasteiger partial charge is 0.468 e. The summed E-state index contributed by atoms with van der Waals surface area (Å²) in [6, 6.07) is 0.835. The highest BCUT2D eigenvalue weighted by Crippen LogP contribution is 2.26. The summed E-state index contributed by atoms with van der Waals surface area (Å²) < 4.78 is 13.1. The average molecular weight is 377 g/mol. The molecule has 0 aliphatic carbocycles. The van der Waals surface area contributed by atoms with Gasteiger partial charge in [0.1, 0.15) is 0 Å². The molecule has 8 heteroatoms. The molecule has 0 radical (unpaired) electrons. The van der Waals surface area contributed by atoms with Gasteiger partial charge in [-0.3, -0.25) is 4.57 Å². The number of ether oxygens (including phenoxy) is 2. The van der Waals surface area contributed by atoms with Crippen LogP contribution in [0.5, 0.6) is 12.0 Å². The van der Waals surface area contributed by atoms with Crippen LogP contribution in [-0.4, -0.2) is 46.3 Å². The van der Waals surface area contributed by atoms with Gasteiger partial charge in [-0.2, -0.15) is 15.0 Å². The lowest BCUT2D eigenvalue weighted by atomic mass is 9.94. The highest BCUT2D eigenvalue weighted by molar-refractivity contribution is 5.83. The minimum atomic E-state index is 0.311. The Morgan fingerprint density at radius 2 is 2.11 bits per heavy atom. The van der Waals surface area contributed by atoms with E-state index >= 15 is 0 Å². The van der Waals surface area contributed by atoms with E-state index in [-0.39, 0.29) is 0 Å². The number of nitrogens with one attached hydrogen (secondary N) is 1. The minimum absolute atomic E-state index is 0.311. The van der Waals surface area contributed by atoms with E-state index < -0.39 is 0 Å². The van der Waals surface area contributed by atoms with Gasteiger partial charge in [0.15, 0.2) is 17.0 Å². The fraction of sp³-hybridized carbons (Fsp3) is 0.737. The van der Waals surface area contributed by atoms with Gasteiger partial charge in [0.2, 0.25) is 0 Å². The van der Waals surface area contributed by atoms with Gasteiger partial charge in [0.25, 0.3) is 6.01 Å². The summed E-state index contributed by atoms with van der Waals surface area (Å²) in [5.74, 6) is 1.13. The summed E-state index contributed by atoms with van der Waals surface area (Å²) >= 11 is 0. The van der Waals surface area contributed by atoms with Crippen molar-refractivity contribution >= 4 is 17.0 Å². The molecule has 0 saturated carbocycles. The molecular weight excluding hydrogens is 344 g/mol. The molecule has 1 aliphatic rings. The Balaban J connectivity index is 1.68. The van der Waals surface area contributed by atoms with Gasteiger partial charge in [0.05, 0.1) is 13.7 Å². The zero-order chi connectivity index (χ0) is 19.1. The number of nitrogens with zero attached hydrogens (tertiary/aromatic N) is 4. The number of piperidine rings is 1. The number of imidazole rings is 1. The number of hydrogen-bond donors (Lipinski definition) is 2. The van der Waals surface area contributed by atoms with Gasteiger partial charge in [0, 0.05) is 6.54 Å². The molecular formula is C19H32N6O2. The van der Waals surface area contributed by atoms with Crippen LogP contribution in [0, 0.1) is 5.92 Å². The molecule has 3 rings (SSSR count). The van der Waals surface area contributed by atoms with E-state index in [1.165, 1.54) is 32.2 Å². The van der Waals surface area contributed by atoms with Gasteiger partial charge in [-0.1, -0.05) is 19.8 Å². The first-order chi connectivity index (χ1) is 13.2. The minimum Gasteiger partial charge on any atom is -0.468 e. The summed E-state index contributed by atoms with van der Waals surface area (Å²) in [6.07, 6.45) is 8.13. The number of anilines is 1. The molecule has 1 fully saturated rings. The molecule has 150 valence electrons. The fourth-order valence-electron chi connectivity index (χ4n) is 3.58. The number of hydrogen-bond acceptors (Lipinski definition) is 7. The quantitative estimate of drug-likeness (QED) is 0.615. The van der Waals surface area contributed by atoms with E-state index in [1.54, 1.807) is 7.11 Å². The summed E-state index contributed by atoms with van der Waals surface area (Å²) in [7, 11) is 1.62. The lowest BCUT2D eigenvalue weighted by molar-refractivity contribution is 0.286. The Hall–Kier alpha value is -2.09. The number of methoxy groups -OCH3 is 1. The van der Waals surface area contributed by atoms with E-state index in [0.717, 1.165) is 38.3 Å². The predicted molar refractivity (Wildman–Crippen MR) is 106 cm³/mol. The van der Waals surface area contributed by atoms with Crippen LogP contribution in [0.1, 0.15) is 51.9 Å². The van der Waals surface area contributed by atoms with Crippen LogP contribution < -0.4 is 20.5 Å². The third kappa shape index (κ3) is 5.00. The third-order valence-electron chi connectivity index (χ3n) is 5.12. The van der Waals surface area contributed by atoms with Gasteiger partial charge in [-0.15, -0.1) is 0 Å². The maximum Gasteiger partial charge on any atom is 0.320 e. The predicted octanol–water partition coefficient (Wildman–Crippen LogP) is 2.77. The van der Waals surface area contributed by atoms with Crippen LogP contribution in [-0.2, 0) is 6.54 Å². The Morgan fingerprint density at radius 1 is 1.22 bits per heavy atom. The molecule has 8 nitrogen and oxygen atoms in total. The lowest BCUT2D eigenvalue weighted by Gasteiger charge is -2.22. The topological polar surface area (TPSA) is 100 Å². The van der Waals surface area contributed by atoms with E-state index in [9.17, 15) is 0 Å². The maximum absolute atomic E-state index is 6.08. The Kier molecular flexibility index (Phi) is 7.09. The summed E-state index contributed by atoms with van der Waals surface area (Å²) in [6.45, 7) is 5.82. The molecule has 3 N–H and O–H groups in total. The number of rotatable bonds is 10. The molecule has 2 aromatic heterocycles. The molecule has 3 heterocycles. The van der Waals surface area contributed by atoms with Gasteiger partial charge >= 0.3 is 6.01 Å². The lowest BCUT2D eigenvalue weighted by Crippen LogP contribution is -2.29. The smallest absolute Gasteiger partial charge is 0.320 e. The summed E-state index contributed by atoms with van der Waals surface area (Å²) in [4.78, 5) is 13.2. The third-order valence-corrected chi connectivity index (χ3v) is 5.12. The van der Waals surface area contributed by atoms with Gasteiger partial charge < -0.3 is 20.5 Å². The van der Waals surface area contributed by atoms with Crippen molar-refractivity contribution in [3.8, 4) is 12.0 Å². The van der Waals surface area contributed by atoms with E-state index in [4.69, 9.17) is 15.2 Å². The van der Waals surface area contributed by atoms with Crippen LogP contribution in [0.2, 0.25) is 0 Å². The van der Waals surface area contributed by atoms with Crippen molar-refractivity contribution in [1.82, 2.24) is 24.8 Å². The molecule has 0 bridgehead atoms. The van der Waals surface area contributed by atoms with Crippen LogP contribution in [0.4, 0.5) is 5.82 Å². The first kappa shape index (κ1) is 19.7. The summed E-state index contributed by atoms with van der Waals surface area (Å²) in [5.41, 5.74) is 7.34. The Bertz CT molecular complexity index is 727. The van der Waals surface area contributed by atoms with Gasteiger partial charge in [-0.05, 0) is 51.1 Å². The van der Waals surface area contributed by atoms with Crippen molar-refractivity contribution in [2.45, 2.75) is 58.4 Å². The molecule has 1 unspecified atom stereocenters. The zero-order valence-electron chi connectivity index (χ0n) is 16.5. The van der Waals surface area contributed by atoms with Crippen LogP contribution in [0.25, 0.3) is 11.2 Å². The number of aryl methyl sites for hydroxylation is 1. The van der Waals surface area contributed by atoms with Crippen molar-refractivity contribution in [2.75, 3.05) is 32.5 Å². The summed E-state index contributed by atoms with van der Waals surface area (Å²) in [5, 5.41) is 3.49. The second kappa shape index (κ2) is 9.73. The first-order valence-electron chi connectivity index (χ1n) is 10.1. The molecule has 1 saturated heterocycles. The van der Waals surface area contributed by atoms with E-state index in [0.29, 0.717) is 35.6 Å². The number of nitrogens with two attached hydrogens (primary N) is 1. The molecule has 0 amide bonds. The zero-order valence-corrected chi connectivity index (χ0v) is 16.5. The molecule has 27 heavy (non-hydrogen) atoms. The van der Waals surface area contributed by atoms with Crippen molar-refractivity contribution in [1.29, 1.82) is 0 Å². The van der Waals surface area contributed by atoms with E-state index in [1.807, 2.05) is 4.57 Å². The normalized spacial score (nSPS) is 17.3. The molecule has 1 atom stereocenters. The highest BCUT2D eigenvalue weighted by atomic mass is 16.5. The van der Waals surface area contributed by atoms with Crippen molar-refractivity contribution in [3.63, 3.8) is 0 Å². The molecule has 0 aromatic carbocycles. The number of fused-ring (bicyclic) bond motifs is 1. The maximum atomic E-state index is 6.08. The fourth-order valence-corrected chi connectivity index (χ4v) is 3.58. The van der Waals surface area contributed by atoms with Crippen LogP contribution in [0.3, 0.4) is 0 Å². The van der Waals surface area contributed by atoms with E-state index in [2.05, 4.69) is 27.2 Å². The second-order valence-electron chi connectivity index (χ2n) is 7.22. The second-order valence-corrected chi connectivity index (χ2v) is 7.22. The number of unbranched alkanes of at least 4 members (excludes halogenated alkanes) is 2. The Morgan fingerprint density at radius 3 is 2.85 bits per heavy atom. The highest BCUT2D eigenvalue weighted by Gasteiger charge is 2.18. The SMILES string of the molecule is CCCCOc1nc(N)c2nc(OC)n(CCCCC3CCCNC3)c2n1.